The molecule has 2 aliphatic heterocycles. The Hall–Kier alpha value is -4.80. The van der Waals surface area contributed by atoms with Crippen molar-refractivity contribution in [3.8, 4) is 0 Å². The highest BCUT2D eigenvalue weighted by molar-refractivity contribution is 6.29. The average molecular weight is 621 g/mol. The number of esters is 2. The van der Waals surface area contributed by atoms with Gasteiger partial charge < -0.3 is 29.1 Å². The van der Waals surface area contributed by atoms with Crippen molar-refractivity contribution in [2.24, 2.45) is 0 Å². The second-order valence-electron chi connectivity index (χ2n) is 11.9. The number of pyridine rings is 2. The Morgan fingerprint density at radius 1 is 0.609 bits per heavy atom. The Morgan fingerprint density at radius 2 is 1.02 bits per heavy atom. The molecule has 2 saturated heterocycles. The molecule has 0 radical (unpaired) electrons. The maximum Gasteiger partial charge on any atom is 0.417 e. The molecular formula is C36H40N6O4. The summed E-state index contributed by atoms with van der Waals surface area (Å²) < 4.78 is 11.0. The van der Waals surface area contributed by atoms with Gasteiger partial charge in [0.05, 0.1) is 12.1 Å². The first-order chi connectivity index (χ1) is 22.5. The largest absolute Gasteiger partial charge is 0.452 e. The quantitative estimate of drug-likeness (QED) is 0.210. The van der Waals surface area contributed by atoms with Crippen LogP contribution in [0.3, 0.4) is 0 Å². The van der Waals surface area contributed by atoms with Gasteiger partial charge in [0.1, 0.15) is 24.8 Å². The predicted octanol–water partition coefficient (Wildman–Crippen LogP) is 4.25. The first-order valence-electron chi connectivity index (χ1n) is 15.7. The summed E-state index contributed by atoms with van der Waals surface area (Å²) in [6.07, 6.45) is 3.48. The number of hydrogen-bond donors (Lipinski definition) is 0. The minimum Gasteiger partial charge on any atom is -0.452 e. The van der Waals surface area contributed by atoms with Crippen LogP contribution in [0.4, 0.5) is 11.6 Å². The van der Waals surface area contributed by atoms with E-state index in [4.69, 9.17) is 9.47 Å². The van der Waals surface area contributed by atoms with Crippen LogP contribution in [-0.2, 0) is 32.3 Å². The molecule has 0 saturated carbocycles. The van der Waals surface area contributed by atoms with E-state index in [-0.39, 0.29) is 25.3 Å². The Kier molecular flexibility index (Phi) is 9.85. The third kappa shape index (κ3) is 7.19. The molecule has 0 bridgehead atoms. The van der Waals surface area contributed by atoms with E-state index in [9.17, 15) is 9.59 Å². The van der Waals surface area contributed by atoms with Crippen LogP contribution in [-0.4, -0.2) is 85.1 Å². The van der Waals surface area contributed by atoms with Crippen LogP contribution < -0.4 is 9.80 Å². The van der Waals surface area contributed by atoms with Crippen LogP contribution in [0.1, 0.15) is 34.3 Å². The predicted molar refractivity (Wildman–Crippen MR) is 176 cm³/mol. The summed E-state index contributed by atoms with van der Waals surface area (Å²) in [4.78, 5) is 44.1. The number of aromatic nitrogens is 2. The molecule has 238 valence electrons. The van der Waals surface area contributed by atoms with Crippen LogP contribution in [0.5, 0.6) is 0 Å². The molecule has 4 aromatic rings. The molecule has 2 aromatic carbocycles. The minimum absolute atomic E-state index is 0.0877. The summed E-state index contributed by atoms with van der Waals surface area (Å²) in [5, 5.41) is 0. The van der Waals surface area contributed by atoms with E-state index < -0.39 is 11.9 Å². The summed E-state index contributed by atoms with van der Waals surface area (Å²) >= 11 is 0. The van der Waals surface area contributed by atoms with Gasteiger partial charge in [0.15, 0.2) is 0 Å². The van der Waals surface area contributed by atoms with Gasteiger partial charge in [-0.15, -0.1) is 0 Å². The van der Waals surface area contributed by atoms with Gasteiger partial charge in [-0.3, -0.25) is 0 Å². The van der Waals surface area contributed by atoms with Crippen molar-refractivity contribution in [2.45, 2.75) is 25.3 Å². The fraction of sp³-hybridized carbons (Fsp3) is 0.333. The number of ether oxygens (including phenoxy) is 2. The number of benzene rings is 2. The lowest BCUT2D eigenvalue weighted by Crippen LogP contribution is -2.47. The molecule has 10 nitrogen and oxygen atoms in total. The molecule has 0 amide bonds. The van der Waals surface area contributed by atoms with Crippen molar-refractivity contribution in [1.82, 2.24) is 19.8 Å². The van der Waals surface area contributed by atoms with Gasteiger partial charge in [0.2, 0.25) is 0 Å². The molecule has 0 spiro atoms. The topological polar surface area (TPSA) is 91.3 Å². The zero-order valence-corrected chi connectivity index (χ0v) is 26.4. The zero-order valence-electron chi connectivity index (χ0n) is 26.4. The number of piperazine rings is 2. The third-order valence-electron chi connectivity index (χ3n) is 8.70. The van der Waals surface area contributed by atoms with Gasteiger partial charge in [0.25, 0.3) is 0 Å². The van der Waals surface area contributed by atoms with Crippen LogP contribution >= 0.6 is 0 Å². The molecule has 10 heteroatoms. The Balaban J connectivity index is 1.11. The first kappa shape index (κ1) is 31.2. The van der Waals surface area contributed by atoms with E-state index in [1.165, 1.54) is 11.1 Å². The smallest absolute Gasteiger partial charge is 0.417 e. The summed E-state index contributed by atoms with van der Waals surface area (Å²) in [6, 6.07) is 28.2. The van der Waals surface area contributed by atoms with E-state index in [1.54, 1.807) is 12.4 Å². The number of anilines is 2. The molecule has 2 atom stereocenters. The van der Waals surface area contributed by atoms with Gasteiger partial charge in [-0.2, -0.15) is 0 Å². The van der Waals surface area contributed by atoms with Gasteiger partial charge in [-0.05, 0) is 37.4 Å². The van der Waals surface area contributed by atoms with Crippen LogP contribution in [0, 0.1) is 0 Å². The molecule has 4 heterocycles. The van der Waals surface area contributed by atoms with Gasteiger partial charge in [0, 0.05) is 62.8 Å². The number of nitrogens with zero attached hydrogens (tertiary/aromatic N) is 6. The molecule has 0 N–H and O–H groups in total. The van der Waals surface area contributed by atoms with Crippen LogP contribution in [0.25, 0.3) is 0 Å². The van der Waals surface area contributed by atoms with E-state index in [1.807, 2.05) is 60.7 Å². The number of hydrogen-bond acceptors (Lipinski definition) is 10. The van der Waals surface area contributed by atoms with Gasteiger partial charge >= 0.3 is 11.9 Å². The average Bonchev–Trinajstić information content (AvgIpc) is 3.10. The van der Waals surface area contributed by atoms with Crippen molar-refractivity contribution in [3.63, 3.8) is 0 Å². The second-order valence-corrected chi connectivity index (χ2v) is 11.9. The number of carbonyl (C=O) groups is 2. The Bertz CT molecular complexity index is 1500. The normalized spacial score (nSPS) is 19.1. The van der Waals surface area contributed by atoms with Gasteiger partial charge in [-0.25, -0.2) is 19.6 Å². The van der Waals surface area contributed by atoms with E-state index in [0.29, 0.717) is 0 Å². The van der Waals surface area contributed by atoms with Crippen molar-refractivity contribution in [1.29, 1.82) is 0 Å². The number of rotatable bonds is 8. The molecule has 0 aliphatic carbocycles. The molecule has 2 fully saturated rings. The maximum atomic E-state index is 12.8. The maximum absolute atomic E-state index is 12.8. The zero-order chi connectivity index (χ0) is 31.9. The van der Waals surface area contributed by atoms with Crippen molar-refractivity contribution >= 4 is 23.6 Å². The summed E-state index contributed by atoms with van der Waals surface area (Å²) in [6.45, 7) is 4.77. The highest BCUT2D eigenvalue weighted by atomic mass is 16.6. The van der Waals surface area contributed by atoms with E-state index >= 15 is 0 Å². The third-order valence-corrected chi connectivity index (χ3v) is 8.70. The summed E-state index contributed by atoms with van der Waals surface area (Å²) in [5.74, 6) is -0.600. The lowest BCUT2D eigenvalue weighted by atomic mass is 10.0. The number of likely N-dealkylation sites (N-methyl/N-ethyl adjacent to an activating group) is 2. The fourth-order valence-electron chi connectivity index (χ4n) is 6.27. The number of carbonyl (C=O) groups excluding carboxylic acids is 2. The Morgan fingerprint density at radius 3 is 1.43 bits per heavy atom. The van der Waals surface area contributed by atoms with Gasteiger partial charge in [-0.1, -0.05) is 72.8 Å². The Labute approximate surface area is 270 Å². The summed E-state index contributed by atoms with van der Waals surface area (Å²) in [7, 11) is 4.22. The summed E-state index contributed by atoms with van der Waals surface area (Å²) in [5.41, 5.74) is 3.83. The van der Waals surface area contributed by atoms with Crippen LogP contribution in [0.2, 0.25) is 0 Å². The minimum atomic E-state index is -1.04. The van der Waals surface area contributed by atoms with Crippen molar-refractivity contribution in [3.05, 3.63) is 120 Å². The molecule has 46 heavy (non-hydrogen) atoms. The van der Waals surface area contributed by atoms with Crippen LogP contribution in [0.15, 0.2) is 97.3 Å². The lowest BCUT2D eigenvalue weighted by Gasteiger charge is -2.41. The van der Waals surface area contributed by atoms with E-state index in [2.05, 4.69) is 67.9 Å². The molecule has 2 aliphatic rings. The van der Waals surface area contributed by atoms with Crippen molar-refractivity contribution in [2.75, 3.05) is 63.2 Å². The van der Waals surface area contributed by atoms with Crippen molar-refractivity contribution < 1.29 is 19.1 Å². The highest BCUT2D eigenvalue weighted by Gasteiger charge is 2.31. The standard InChI is InChI=1S/C36H40N6O4/c1-39-19-21-41(31(23-39)27-11-5-3-6-12-27)33-29(15-9-17-37-33)25-45-35(43)36(44)46-26-30-16-10-18-38-34(30)42-22-20-40(2)24-32(42)28-13-7-4-8-14-28/h3-18,31-32H,19-26H2,1-2H3/t31-,32-/m1/s1. The molecular weight excluding hydrogens is 580 g/mol. The molecule has 0 unspecified atom stereocenters. The second kappa shape index (κ2) is 14.5. The molecule has 2 aromatic heterocycles. The fourth-order valence-corrected chi connectivity index (χ4v) is 6.27. The monoisotopic (exact) mass is 620 g/mol. The highest BCUT2D eigenvalue weighted by Crippen LogP contribution is 2.33. The first-order valence-corrected chi connectivity index (χ1v) is 15.7. The molecule has 6 rings (SSSR count). The lowest BCUT2D eigenvalue weighted by molar-refractivity contribution is -0.169. The van der Waals surface area contributed by atoms with E-state index in [0.717, 1.165) is 62.0 Å². The SMILES string of the molecule is CN1CCN(c2ncccc2COC(=O)C(=O)OCc2cccnc2N2CCN(C)C[C@@H]2c2ccccc2)[C@@H](c2ccccc2)C1.